The van der Waals surface area contributed by atoms with E-state index in [1.54, 1.807) is 0 Å². The summed E-state index contributed by atoms with van der Waals surface area (Å²) in [6.45, 7) is 3.13. The lowest BCUT2D eigenvalue weighted by molar-refractivity contribution is 0.348. The van der Waals surface area contributed by atoms with E-state index in [2.05, 4.69) is 58.3 Å². The largest absolute Gasteiger partial charge is 0.355 e. The maximum Gasteiger partial charge on any atom is 0.207 e. The van der Waals surface area contributed by atoms with Crippen LogP contribution in [-0.2, 0) is 0 Å². The number of aryl methyl sites for hydroxylation is 1. The maximum absolute atomic E-state index is 4.66. The van der Waals surface area contributed by atoms with E-state index in [4.69, 9.17) is 0 Å². The van der Waals surface area contributed by atoms with E-state index < -0.39 is 0 Å². The Bertz CT molecular complexity index is 617. The Labute approximate surface area is 126 Å². The number of hydrogen-bond donors (Lipinski definition) is 1. The fourth-order valence-corrected chi connectivity index (χ4v) is 4.26. The molecule has 2 aliphatic rings. The molecule has 1 aromatic carbocycles. The van der Waals surface area contributed by atoms with Gasteiger partial charge >= 0.3 is 0 Å². The van der Waals surface area contributed by atoms with Crippen molar-refractivity contribution in [2.24, 2.45) is 17.8 Å². The van der Waals surface area contributed by atoms with Gasteiger partial charge in [-0.15, -0.1) is 0 Å². The van der Waals surface area contributed by atoms with Gasteiger partial charge in [0.05, 0.1) is 5.69 Å². The molecule has 1 aromatic heterocycles. The number of anilines is 1. The zero-order chi connectivity index (χ0) is 14.2. The van der Waals surface area contributed by atoms with E-state index in [1.165, 1.54) is 31.4 Å². The minimum absolute atomic E-state index is 0.852. The number of aromatic nitrogens is 2. The Morgan fingerprint density at radius 3 is 2.76 bits per heavy atom. The molecule has 2 aliphatic carbocycles. The average molecular weight is 281 g/mol. The number of rotatable bonds is 4. The van der Waals surface area contributed by atoms with Gasteiger partial charge < -0.3 is 5.32 Å². The molecule has 0 spiro atoms. The molecule has 2 aromatic rings. The molecule has 3 heteroatoms. The Hall–Kier alpha value is -1.77. The van der Waals surface area contributed by atoms with Gasteiger partial charge in [0, 0.05) is 18.4 Å². The first-order valence-corrected chi connectivity index (χ1v) is 8.15. The highest BCUT2D eigenvalue weighted by Gasteiger charge is 2.39. The first-order chi connectivity index (χ1) is 10.3. The topological polar surface area (TPSA) is 29.9 Å². The molecule has 0 aliphatic heterocycles. The van der Waals surface area contributed by atoms with Gasteiger partial charge in [-0.3, -0.25) is 4.57 Å². The molecule has 3 nitrogen and oxygen atoms in total. The lowest BCUT2D eigenvalue weighted by atomic mass is 9.89. The Balaban J connectivity index is 1.50. The van der Waals surface area contributed by atoms with Gasteiger partial charge in [0.25, 0.3) is 0 Å². The molecule has 3 unspecified atom stereocenters. The predicted octanol–water partition coefficient (Wildman–Crippen LogP) is 4.03. The van der Waals surface area contributed by atoms with Crippen LogP contribution in [0, 0.1) is 24.7 Å². The number of benzene rings is 1. The van der Waals surface area contributed by atoms with Crippen molar-refractivity contribution in [3.8, 4) is 5.69 Å². The summed E-state index contributed by atoms with van der Waals surface area (Å²) >= 11 is 0. The molecular formula is C18H23N3. The molecule has 1 N–H and O–H groups in total. The van der Waals surface area contributed by atoms with Crippen LogP contribution in [0.15, 0.2) is 36.5 Å². The van der Waals surface area contributed by atoms with E-state index in [1.807, 2.05) is 0 Å². The van der Waals surface area contributed by atoms with E-state index in [9.17, 15) is 0 Å². The summed E-state index contributed by atoms with van der Waals surface area (Å²) < 4.78 is 2.17. The van der Waals surface area contributed by atoms with Crippen molar-refractivity contribution in [1.29, 1.82) is 0 Å². The van der Waals surface area contributed by atoms with Gasteiger partial charge in [0.15, 0.2) is 0 Å². The molecule has 3 atom stereocenters. The molecule has 0 saturated heterocycles. The minimum Gasteiger partial charge on any atom is -0.355 e. The van der Waals surface area contributed by atoms with Gasteiger partial charge in [-0.25, -0.2) is 4.98 Å². The molecule has 2 bridgehead atoms. The summed E-state index contributed by atoms with van der Waals surface area (Å²) in [6, 6.07) is 10.5. The highest BCUT2D eigenvalue weighted by atomic mass is 15.2. The van der Waals surface area contributed by atoms with Crippen LogP contribution in [0.2, 0.25) is 0 Å². The smallest absolute Gasteiger partial charge is 0.207 e. The number of imidazole rings is 1. The van der Waals surface area contributed by atoms with E-state index in [0.717, 1.165) is 35.9 Å². The van der Waals surface area contributed by atoms with Crippen LogP contribution in [-0.4, -0.2) is 16.1 Å². The number of fused-ring (bicyclic) bond motifs is 2. The molecule has 21 heavy (non-hydrogen) atoms. The second-order valence-corrected chi connectivity index (χ2v) is 6.73. The van der Waals surface area contributed by atoms with Gasteiger partial charge in [-0.1, -0.05) is 24.6 Å². The van der Waals surface area contributed by atoms with Crippen LogP contribution in [0.5, 0.6) is 0 Å². The second kappa shape index (κ2) is 5.21. The summed E-state index contributed by atoms with van der Waals surface area (Å²) in [6.07, 6.45) is 7.92. The van der Waals surface area contributed by atoms with Crippen molar-refractivity contribution >= 4 is 5.95 Å². The third-order valence-corrected chi connectivity index (χ3v) is 5.27. The SMILES string of the molecule is Cc1cn(-c2ccccc2)c(NCC2CC3CCC2C3)n1. The van der Waals surface area contributed by atoms with E-state index in [-0.39, 0.29) is 0 Å². The van der Waals surface area contributed by atoms with E-state index in [0.29, 0.717) is 0 Å². The fraction of sp³-hybridized carbons (Fsp3) is 0.500. The normalized spacial score (nSPS) is 27.2. The highest BCUT2D eigenvalue weighted by molar-refractivity contribution is 5.43. The van der Waals surface area contributed by atoms with Crippen LogP contribution >= 0.6 is 0 Å². The molecule has 110 valence electrons. The maximum atomic E-state index is 4.66. The van der Waals surface area contributed by atoms with Gasteiger partial charge in [-0.2, -0.15) is 0 Å². The van der Waals surface area contributed by atoms with Crippen molar-refractivity contribution in [3.05, 3.63) is 42.2 Å². The molecule has 1 heterocycles. The summed E-state index contributed by atoms with van der Waals surface area (Å²) in [4.78, 5) is 4.66. The summed E-state index contributed by atoms with van der Waals surface area (Å²) in [7, 11) is 0. The number of nitrogens with zero attached hydrogens (tertiary/aromatic N) is 2. The summed E-state index contributed by atoms with van der Waals surface area (Å²) in [5.41, 5.74) is 2.24. The van der Waals surface area contributed by atoms with Crippen LogP contribution in [0.1, 0.15) is 31.4 Å². The lowest BCUT2D eigenvalue weighted by Crippen LogP contribution is -2.21. The second-order valence-electron chi connectivity index (χ2n) is 6.73. The van der Waals surface area contributed by atoms with Crippen molar-refractivity contribution in [2.45, 2.75) is 32.6 Å². The minimum atomic E-state index is 0.852. The van der Waals surface area contributed by atoms with Gasteiger partial charge in [-0.05, 0) is 56.1 Å². The molecule has 0 radical (unpaired) electrons. The van der Waals surface area contributed by atoms with Crippen LogP contribution < -0.4 is 5.32 Å². The summed E-state index contributed by atoms with van der Waals surface area (Å²) in [5, 5.41) is 3.61. The third-order valence-electron chi connectivity index (χ3n) is 5.27. The third kappa shape index (κ3) is 2.45. The Kier molecular flexibility index (Phi) is 3.21. The van der Waals surface area contributed by atoms with Crippen LogP contribution in [0.25, 0.3) is 5.69 Å². The van der Waals surface area contributed by atoms with Crippen molar-refractivity contribution in [1.82, 2.24) is 9.55 Å². The van der Waals surface area contributed by atoms with Crippen LogP contribution in [0.4, 0.5) is 5.95 Å². The van der Waals surface area contributed by atoms with E-state index >= 15 is 0 Å². The standard InChI is InChI=1S/C18H23N3/c1-13-12-21(17-5-3-2-4-6-17)18(20-13)19-11-16-10-14-7-8-15(16)9-14/h2-6,12,14-16H,7-11H2,1H3,(H,19,20). The van der Waals surface area contributed by atoms with Crippen molar-refractivity contribution in [2.75, 3.05) is 11.9 Å². The summed E-state index contributed by atoms with van der Waals surface area (Å²) in [5.74, 6) is 3.81. The molecule has 4 rings (SSSR count). The first-order valence-electron chi connectivity index (χ1n) is 8.15. The van der Waals surface area contributed by atoms with Gasteiger partial charge in [0.1, 0.15) is 0 Å². The predicted molar refractivity (Wildman–Crippen MR) is 85.7 cm³/mol. The molecule has 2 saturated carbocycles. The van der Waals surface area contributed by atoms with Crippen LogP contribution in [0.3, 0.4) is 0 Å². The highest BCUT2D eigenvalue weighted by Crippen LogP contribution is 2.48. The lowest BCUT2D eigenvalue weighted by Gasteiger charge is -2.22. The van der Waals surface area contributed by atoms with Crippen molar-refractivity contribution in [3.63, 3.8) is 0 Å². The average Bonchev–Trinajstić information content (AvgIpc) is 3.21. The zero-order valence-electron chi connectivity index (χ0n) is 12.6. The number of para-hydroxylation sites is 1. The first kappa shape index (κ1) is 12.9. The molecule has 2 fully saturated rings. The fourth-order valence-electron chi connectivity index (χ4n) is 4.26. The Morgan fingerprint density at radius 2 is 2.05 bits per heavy atom. The van der Waals surface area contributed by atoms with Crippen molar-refractivity contribution < 1.29 is 0 Å². The Morgan fingerprint density at radius 1 is 1.19 bits per heavy atom. The number of hydrogen-bond acceptors (Lipinski definition) is 2. The molecule has 0 amide bonds. The number of nitrogens with one attached hydrogen (secondary N) is 1. The van der Waals surface area contributed by atoms with Gasteiger partial charge in [0.2, 0.25) is 5.95 Å². The molecular weight excluding hydrogens is 258 g/mol. The zero-order valence-corrected chi connectivity index (χ0v) is 12.6. The quantitative estimate of drug-likeness (QED) is 0.917. The monoisotopic (exact) mass is 281 g/mol.